The molecule has 0 bridgehead atoms. The van der Waals surface area contributed by atoms with Crippen molar-refractivity contribution >= 4 is 5.91 Å². The Morgan fingerprint density at radius 1 is 1.35 bits per heavy atom. The first-order valence-corrected chi connectivity index (χ1v) is 6.82. The van der Waals surface area contributed by atoms with Gasteiger partial charge in [-0.1, -0.05) is 25.7 Å². The zero-order chi connectivity index (χ0) is 12.1. The van der Waals surface area contributed by atoms with Crippen LogP contribution in [-0.4, -0.2) is 38.3 Å². The van der Waals surface area contributed by atoms with Gasteiger partial charge in [0.25, 0.3) is 0 Å². The Balaban J connectivity index is 1.65. The molecule has 98 valence electrons. The van der Waals surface area contributed by atoms with Crippen LogP contribution in [0.1, 0.15) is 38.5 Å². The van der Waals surface area contributed by atoms with Crippen molar-refractivity contribution < 1.29 is 9.53 Å². The summed E-state index contributed by atoms with van der Waals surface area (Å²) < 4.78 is 5.33. The normalized spacial score (nSPS) is 29.7. The van der Waals surface area contributed by atoms with E-state index in [1.165, 1.54) is 25.7 Å². The summed E-state index contributed by atoms with van der Waals surface area (Å²) in [6.07, 6.45) is 7.21. The van der Waals surface area contributed by atoms with E-state index < -0.39 is 0 Å². The van der Waals surface area contributed by atoms with Crippen molar-refractivity contribution in [3.05, 3.63) is 0 Å². The van der Waals surface area contributed by atoms with Crippen molar-refractivity contribution in [2.75, 3.05) is 20.2 Å². The van der Waals surface area contributed by atoms with Gasteiger partial charge < -0.3 is 15.4 Å². The minimum Gasteiger partial charge on any atom is -0.378 e. The van der Waals surface area contributed by atoms with Crippen molar-refractivity contribution in [1.82, 2.24) is 10.6 Å². The van der Waals surface area contributed by atoms with Crippen LogP contribution in [0.25, 0.3) is 0 Å². The van der Waals surface area contributed by atoms with Gasteiger partial charge in [0.15, 0.2) is 0 Å². The predicted molar refractivity (Wildman–Crippen MR) is 66.8 cm³/mol. The minimum absolute atomic E-state index is 0.130. The highest BCUT2D eigenvalue weighted by molar-refractivity contribution is 5.76. The lowest BCUT2D eigenvalue weighted by Gasteiger charge is -2.19. The number of carbonyl (C=O) groups is 1. The SMILES string of the molecule is CO[C@@H]1CNCC1NC(=O)CCC1CCCC1. The average molecular weight is 240 g/mol. The Morgan fingerprint density at radius 2 is 2.12 bits per heavy atom. The van der Waals surface area contributed by atoms with Crippen molar-refractivity contribution in [1.29, 1.82) is 0 Å². The number of hydrogen-bond donors (Lipinski definition) is 2. The van der Waals surface area contributed by atoms with E-state index in [-0.39, 0.29) is 18.1 Å². The first-order valence-electron chi connectivity index (χ1n) is 6.82. The van der Waals surface area contributed by atoms with Gasteiger partial charge in [0.05, 0.1) is 12.1 Å². The highest BCUT2D eigenvalue weighted by Crippen LogP contribution is 2.28. The maximum atomic E-state index is 11.8. The molecule has 0 aromatic heterocycles. The van der Waals surface area contributed by atoms with Crippen molar-refractivity contribution in [2.24, 2.45) is 5.92 Å². The van der Waals surface area contributed by atoms with Crippen LogP contribution in [0.2, 0.25) is 0 Å². The molecular formula is C13H24N2O2. The zero-order valence-electron chi connectivity index (χ0n) is 10.7. The summed E-state index contributed by atoms with van der Waals surface area (Å²) >= 11 is 0. The van der Waals surface area contributed by atoms with Crippen molar-refractivity contribution in [2.45, 2.75) is 50.7 Å². The standard InChI is InChI=1S/C13H24N2O2/c1-17-12-9-14-8-11(12)15-13(16)7-6-10-4-2-3-5-10/h10-12,14H,2-9H2,1H3,(H,15,16)/t11?,12-/m1/s1. The van der Waals surface area contributed by atoms with Crippen molar-refractivity contribution in [3.63, 3.8) is 0 Å². The van der Waals surface area contributed by atoms with E-state index in [0.29, 0.717) is 6.42 Å². The van der Waals surface area contributed by atoms with Gasteiger partial charge in [-0.2, -0.15) is 0 Å². The third-order valence-electron chi connectivity index (χ3n) is 4.06. The summed E-state index contributed by atoms with van der Waals surface area (Å²) in [4.78, 5) is 11.8. The zero-order valence-corrected chi connectivity index (χ0v) is 10.7. The third-order valence-corrected chi connectivity index (χ3v) is 4.06. The van der Waals surface area contributed by atoms with Gasteiger partial charge in [-0.05, 0) is 12.3 Å². The molecular weight excluding hydrogens is 216 g/mol. The summed E-state index contributed by atoms with van der Waals surface area (Å²) in [7, 11) is 1.70. The number of carbonyl (C=O) groups excluding carboxylic acids is 1. The van der Waals surface area contributed by atoms with Crippen LogP contribution >= 0.6 is 0 Å². The van der Waals surface area contributed by atoms with Crippen LogP contribution in [0.4, 0.5) is 0 Å². The van der Waals surface area contributed by atoms with Crippen LogP contribution in [0, 0.1) is 5.92 Å². The monoisotopic (exact) mass is 240 g/mol. The van der Waals surface area contributed by atoms with E-state index in [1.807, 2.05) is 0 Å². The molecule has 2 rings (SSSR count). The lowest BCUT2D eigenvalue weighted by Crippen LogP contribution is -2.43. The third kappa shape index (κ3) is 3.68. The number of hydrogen-bond acceptors (Lipinski definition) is 3. The van der Waals surface area contributed by atoms with Gasteiger partial charge in [-0.3, -0.25) is 4.79 Å². The molecule has 4 nitrogen and oxygen atoms in total. The van der Waals surface area contributed by atoms with E-state index in [1.54, 1.807) is 7.11 Å². The van der Waals surface area contributed by atoms with Gasteiger partial charge in [0.1, 0.15) is 0 Å². The van der Waals surface area contributed by atoms with Crippen LogP contribution in [0.3, 0.4) is 0 Å². The average Bonchev–Trinajstić information content (AvgIpc) is 2.97. The smallest absolute Gasteiger partial charge is 0.220 e. The Hall–Kier alpha value is -0.610. The molecule has 0 aromatic carbocycles. The topological polar surface area (TPSA) is 50.4 Å². The molecule has 2 aliphatic rings. The van der Waals surface area contributed by atoms with Gasteiger partial charge in [-0.25, -0.2) is 0 Å². The van der Waals surface area contributed by atoms with Crippen LogP contribution in [-0.2, 0) is 9.53 Å². The molecule has 2 N–H and O–H groups in total. The quantitative estimate of drug-likeness (QED) is 0.755. The largest absolute Gasteiger partial charge is 0.378 e. The molecule has 0 aromatic rings. The highest BCUT2D eigenvalue weighted by atomic mass is 16.5. The summed E-state index contributed by atoms with van der Waals surface area (Å²) in [6, 6.07) is 0.149. The second-order valence-corrected chi connectivity index (χ2v) is 5.30. The summed E-state index contributed by atoms with van der Waals surface area (Å²) in [5, 5.41) is 6.31. The lowest BCUT2D eigenvalue weighted by atomic mass is 10.0. The Morgan fingerprint density at radius 3 is 2.82 bits per heavy atom. The molecule has 0 radical (unpaired) electrons. The first kappa shape index (κ1) is 12.8. The predicted octanol–water partition coefficient (Wildman–Crippen LogP) is 1.06. The maximum Gasteiger partial charge on any atom is 0.220 e. The molecule has 2 fully saturated rings. The fraction of sp³-hybridized carbons (Fsp3) is 0.923. The van der Waals surface area contributed by atoms with Crippen molar-refractivity contribution in [3.8, 4) is 0 Å². The molecule has 1 aliphatic carbocycles. The summed E-state index contributed by atoms with van der Waals surface area (Å²) in [5.74, 6) is 0.980. The fourth-order valence-electron chi connectivity index (χ4n) is 2.96. The molecule has 1 aliphatic heterocycles. The number of methoxy groups -OCH3 is 1. The van der Waals surface area contributed by atoms with Gasteiger partial charge in [-0.15, -0.1) is 0 Å². The summed E-state index contributed by atoms with van der Waals surface area (Å²) in [6.45, 7) is 1.66. The molecule has 1 unspecified atom stereocenters. The lowest BCUT2D eigenvalue weighted by molar-refractivity contribution is -0.122. The highest BCUT2D eigenvalue weighted by Gasteiger charge is 2.28. The van der Waals surface area contributed by atoms with Crippen LogP contribution in [0.15, 0.2) is 0 Å². The second kappa shape index (κ2) is 6.36. The van der Waals surface area contributed by atoms with E-state index >= 15 is 0 Å². The van der Waals surface area contributed by atoms with E-state index in [2.05, 4.69) is 10.6 Å². The molecule has 17 heavy (non-hydrogen) atoms. The fourth-order valence-corrected chi connectivity index (χ4v) is 2.96. The number of ether oxygens (including phenoxy) is 1. The molecule has 4 heteroatoms. The molecule has 1 saturated heterocycles. The van der Waals surface area contributed by atoms with E-state index in [0.717, 1.165) is 25.4 Å². The first-order chi connectivity index (χ1) is 8.29. The number of amides is 1. The Kier molecular flexibility index (Phi) is 4.80. The van der Waals surface area contributed by atoms with Gasteiger partial charge in [0.2, 0.25) is 5.91 Å². The van der Waals surface area contributed by atoms with Gasteiger partial charge >= 0.3 is 0 Å². The molecule has 1 heterocycles. The van der Waals surface area contributed by atoms with Crippen LogP contribution in [0.5, 0.6) is 0 Å². The maximum absolute atomic E-state index is 11.8. The number of rotatable bonds is 5. The van der Waals surface area contributed by atoms with E-state index in [4.69, 9.17) is 4.74 Å². The minimum atomic E-state index is 0.130. The molecule has 0 spiro atoms. The molecule has 1 saturated carbocycles. The van der Waals surface area contributed by atoms with Crippen LogP contribution < -0.4 is 10.6 Å². The number of nitrogens with one attached hydrogen (secondary N) is 2. The molecule has 1 amide bonds. The Bertz CT molecular complexity index is 252. The van der Waals surface area contributed by atoms with E-state index in [9.17, 15) is 4.79 Å². The van der Waals surface area contributed by atoms with Gasteiger partial charge in [0, 0.05) is 26.6 Å². The molecule has 2 atom stereocenters. The second-order valence-electron chi connectivity index (χ2n) is 5.30. The summed E-state index contributed by atoms with van der Waals surface area (Å²) in [5.41, 5.74) is 0. The Labute approximate surface area is 103 Å².